The van der Waals surface area contributed by atoms with Gasteiger partial charge in [0, 0.05) is 18.5 Å². The van der Waals surface area contributed by atoms with Crippen molar-refractivity contribution in [3.63, 3.8) is 0 Å². The number of fused-ring (bicyclic) bond motifs is 2. The third-order valence-electron chi connectivity index (χ3n) is 8.72. The molecule has 0 radical (unpaired) electrons. The van der Waals surface area contributed by atoms with Crippen LogP contribution >= 0.6 is 0 Å². The number of allylic oxidation sites excluding steroid dienone is 2. The van der Waals surface area contributed by atoms with Crippen LogP contribution in [0.15, 0.2) is 42.0 Å². The summed E-state index contributed by atoms with van der Waals surface area (Å²) < 4.78 is 0. The van der Waals surface area contributed by atoms with Gasteiger partial charge in [0.05, 0.1) is 0 Å². The van der Waals surface area contributed by atoms with Crippen LogP contribution in [0.2, 0.25) is 0 Å². The lowest BCUT2D eigenvalue weighted by Gasteiger charge is -2.50. The van der Waals surface area contributed by atoms with Gasteiger partial charge in [-0.25, -0.2) is 0 Å². The molecule has 1 aromatic carbocycles. The summed E-state index contributed by atoms with van der Waals surface area (Å²) in [5.41, 5.74) is 9.62. The first-order valence-electron chi connectivity index (χ1n) is 12.9. The molecule has 0 saturated heterocycles. The van der Waals surface area contributed by atoms with Gasteiger partial charge in [-0.2, -0.15) is 0 Å². The van der Waals surface area contributed by atoms with E-state index in [1.807, 2.05) is 0 Å². The first kappa shape index (κ1) is 21.2. The number of hydrogen-bond acceptors (Lipinski definition) is 2. The molecule has 31 heavy (non-hydrogen) atoms. The predicted octanol–water partition coefficient (Wildman–Crippen LogP) is 5.64. The molecule has 3 nitrogen and oxygen atoms in total. The number of rotatable bonds is 6. The summed E-state index contributed by atoms with van der Waals surface area (Å²) in [6.45, 7) is 0. The molecule has 3 heteroatoms. The summed E-state index contributed by atoms with van der Waals surface area (Å²) in [5, 5.41) is 3.32. The number of carbonyl (C=O) groups excluding carboxylic acids is 1. The van der Waals surface area contributed by atoms with Crippen molar-refractivity contribution >= 4 is 5.91 Å². The minimum absolute atomic E-state index is 0.260. The second-order valence-electron chi connectivity index (χ2n) is 11.1. The van der Waals surface area contributed by atoms with Crippen LogP contribution in [0.5, 0.6) is 0 Å². The van der Waals surface area contributed by atoms with E-state index in [-0.39, 0.29) is 5.91 Å². The van der Waals surface area contributed by atoms with Gasteiger partial charge in [0.15, 0.2) is 0 Å². The fraction of sp³-hybridized carbons (Fsp3) is 0.679. The Bertz CT molecular complexity index is 790. The van der Waals surface area contributed by atoms with Crippen LogP contribution in [0.4, 0.5) is 0 Å². The maximum Gasteiger partial charge on any atom is 0.220 e. The normalized spacial score (nSPS) is 36.9. The second-order valence-corrected chi connectivity index (χ2v) is 11.1. The lowest BCUT2D eigenvalue weighted by atomic mass is 9.54. The van der Waals surface area contributed by atoms with E-state index in [2.05, 4.69) is 41.7 Å². The highest BCUT2D eigenvalue weighted by Gasteiger charge is 2.46. The standard InChI is InChI=1S/C28H40N2O/c29-24-11-13-25(14-12-24)30-27(31)15-10-22-19-28(23-6-2-1-3-7-23)16-4-5-21(18-28)26(22)17-20-8-9-20/h1-3,6-7,17,20-22,24-25H,4-5,8-16,18-19,29H2,(H,30,31)/b26-17+. The van der Waals surface area contributed by atoms with Crippen LogP contribution < -0.4 is 11.1 Å². The molecule has 0 aromatic heterocycles. The van der Waals surface area contributed by atoms with Gasteiger partial charge in [0.2, 0.25) is 5.91 Å². The maximum absolute atomic E-state index is 12.8. The van der Waals surface area contributed by atoms with E-state index in [4.69, 9.17) is 5.73 Å². The van der Waals surface area contributed by atoms with E-state index < -0.39 is 0 Å². The maximum atomic E-state index is 12.8. The molecule has 1 amide bonds. The van der Waals surface area contributed by atoms with Gasteiger partial charge < -0.3 is 11.1 Å². The molecule has 3 N–H and O–H groups in total. The Hall–Kier alpha value is -1.61. The molecule has 3 atom stereocenters. The minimum atomic E-state index is 0.260. The minimum Gasteiger partial charge on any atom is -0.353 e. The summed E-state index contributed by atoms with van der Waals surface area (Å²) in [7, 11) is 0. The number of hydrogen-bond donors (Lipinski definition) is 2. The van der Waals surface area contributed by atoms with Crippen LogP contribution in [0.3, 0.4) is 0 Å². The van der Waals surface area contributed by atoms with Crippen molar-refractivity contribution < 1.29 is 4.79 Å². The average Bonchev–Trinajstić information content (AvgIpc) is 3.61. The molecule has 5 rings (SSSR count). The molecule has 2 bridgehead atoms. The van der Waals surface area contributed by atoms with Crippen molar-refractivity contribution in [2.75, 3.05) is 0 Å². The quantitative estimate of drug-likeness (QED) is 0.585. The molecular formula is C28H40N2O. The van der Waals surface area contributed by atoms with Crippen molar-refractivity contribution in [3.8, 4) is 0 Å². The van der Waals surface area contributed by atoms with Crippen molar-refractivity contribution in [2.45, 2.75) is 101 Å². The van der Waals surface area contributed by atoms with Gasteiger partial charge in [-0.1, -0.05) is 48.4 Å². The highest BCUT2D eigenvalue weighted by Crippen LogP contribution is 2.56. The Labute approximate surface area is 188 Å². The van der Waals surface area contributed by atoms with Gasteiger partial charge in [0.1, 0.15) is 0 Å². The van der Waals surface area contributed by atoms with Gasteiger partial charge in [-0.15, -0.1) is 0 Å². The van der Waals surface area contributed by atoms with E-state index in [1.165, 1.54) is 50.5 Å². The van der Waals surface area contributed by atoms with E-state index in [9.17, 15) is 4.79 Å². The van der Waals surface area contributed by atoms with Gasteiger partial charge >= 0.3 is 0 Å². The average molecular weight is 421 g/mol. The molecule has 0 spiro atoms. The molecule has 0 heterocycles. The largest absolute Gasteiger partial charge is 0.353 e. The SMILES string of the molecule is NC1CCC(NC(=O)CCC2CC3(c4ccccc4)CCCC(C3)/C2=C\C2CC2)CC1. The first-order chi connectivity index (χ1) is 15.1. The second kappa shape index (κ2) is 9.10. The third-order valence-corrected chi connectivity index (χ3v) is 8.72. The third kappa shape index (κ3) is 4.92. The van der Waals surface area contributed by atoms with E-state index in [1.54, 1.807) is 5.57 Å². The molecule has 4 fully saturated rings. The lowest BCUT2D eigenvalue weighted by molar-refractivity contribution is -0.122. The Morgan fingerprint density at radius 2 is 1.81 bits per heavy atom. The Morgan fingerprint density at radius 1 is 1.03 bits per heavy atom. The molecule has 4 aliphatic carbocycles. The number of carbonyl (C=O) groups is 1. The zero-order valence-electron chi connectivity index (χ0n) is 19.0. The Morgan fingerprint density at radius 3 is 2.55 bits per heavy atom. The summed E-state index contributed by atoms with van der Waals surface area (Å²) in [4.78, 5) is 12.8. The van der Waals surface area contributed by atoms with Crippen LogP contribution in [0, 0.1) is 17.8 Å². The lowest BCUT2D eigenvalue weighted by Crippen LogP contribution is -2.43. The Kier molecular flexibility index (Phi) is 6.23. The number of nitrogens with one attached hydrogen (secondary N) is 1. The molecule has 168 valence electrons. The molecule has 0 aliphatic heterocycles. The van der Waals surface area contributed by atoms with Gasteiger partial charge in [0.25, 0.3) is 0 Å². The highest BCUT2D eigenvalue weighted by atomic mass is 16.1. The Balaban J connectivity index is 1.28. The first-order valence-corrected chi connectivity index (χ1v) is 12.9. The predicted molar refractivity (Wildman–Crippen MR) is 127 cm³/mol. The molecule has 4 saturated carbocycles. The smallest absolute Gasteiger partial charge is 0.220 e. The fourth-order valence-corrected chi connectivity index (χ4v) is 6.87. The van der Waals surface area contributed by atoms with Crippen molar-refractivity contribution in [1.82, 2.24) is 5.32 Å². The number of benzene rings is 1. The monoisotopic (exact) mass is 420 g/mol. The van der Waals surface area contributed by atoms with E-state index in [0.29, 0.717) is 29.8 Å². The van der Waals surface area contributed by atoms with E-state index in [0.717, 1.165) is 43.9 Å². The summed E-state index contributed by atoms with van der Waals surface area (Å²) in [6.07, 6.45) is 17.8. The van der Waals surface area contributed by atoms with Crippen LogP contribution in [0.1, 0.15) is 89.0 Å². The highest BCUT2D eigenvalue weighted by molar-refractivity contribution is 5.76. The molecule has 1 aromatic rings. The van der Waals surface area contributed by atoms with E-state index >= 15 is 0 Å². The van der Waals surface area contributed by atoms with Crippen molar-refractivity contribution in [1.29, 1.82) is 0 Å². The number of nitrogens with two attached hydrogens (primary N) is 1. The van der Waals surface area contributed by atoms with Crippen molar-refractivity contribution in [3.05, 3.63) is 47.5 Å². The topological polar surface area (TPSA) is 55.1 Å². The molecule has 3 unspecified atom stereocenters. The van der Waals surface area contributed by atoms with Gasteiger partial charge in [-0.3, -0.25) is 4.79 Å². The fourth-order valence-electron chi connectivity index (χ4n) is 6.87. The van der Waals surface area contributed by atoms with Crippen molar-refractivity contribution in [2.24, 2.45) is 23.5 Å². The van der Waals surface area contributed by atoms with Crippen LogP contribution in [-0.2, 0) is 10.2 Å². The van der Waals surface area contributed by atoms with Crippen LogP contribution in [0.25, 0.3) is 0 Å². The summed E-state index contributed by atoms with van der Waals surface area (Å²) in [6, 6.07) is 11.9. The van der Waals surface area contributed by atoms with Crippen LogP contribution in [-0.4, -0.2) is 18.0 Å². The zero-order chi connectivity index (χ0) is 21.3. The summed E-state index contributed by atoms with van der Waals surface area (Å²) >= 11 is 0. The summed E-state index contributed by atoms with van der Waals surface area (Å²) in [5.74, 6) is 2.39. The number of amides is 1. The molecular weight excluding hydrogens is 380 g/mol. The van der Waals surface area contributed by atoms with Gasteiger partial charge in [-0.05, 0) is 99.4 Å². The zero-order valence-corrected chi connectivity index (χ0v) is 19.0. The molecule has 4 aliphatic rings.